The van der Waals surface area contributed by atoms with Gasteiger partial charge in [-0.1, -0.05) is 0 Å². The first-order valence-corrected chi connectivity index (χ1v) is 5.57. The molecule has 0 spiro atoms. The zero-order chi connectivity index (χ0) is 10.1. The Balaban J connectivity index is 2.69. The Hall–Kier alpha value is -0.930. The summed E-state index contributed by atoms with van der Waals surface area (Å²) in [5.41, 5.74) is 7.60. The average Bonchev–Trinajstić information content (AvgIpc) is 2.58. The van der Waals surface area contributed by atoms with Crippen molar-refractivity contribution in [2.45, 2.75) is 5.88 Å². The normalized spacial score (nSPS) is 10.7. The van der Waals surface area contributed by atoms with E-state index in [1.54, 1.807) is 18.4 Å². The van der Waals surface area contributed by atoms with E-state index in [1.165, 1.54) is 0 Å². The molecule has 0 unspecified atom stereocenters. The van der Waals surface area contributed by atoms with E-state index in [2.05, 4.69) is 5.38 Å². The molecule has 1 aromatic heterocycles. The van der Waals surface area contributed by atoms with E-state index in [9.17, 15) is 0 Å². The van der Waals surface area contributed by atoms with Gasteiger partial charge in [-0.3, -0.25) is 0 Å². The van der Waals surface area contributed by atoms with Gasteiger partial charge in [0.2, 0.25) is 0 Å². The Morgan fingerprint density at radius 3 is 2.93 bits per heavy atom. The highest BCUT2D eigenvalue weighted by molar-refractivity contribution is 7.17. The number of halogens is 1. The van der Waals surface area contributed by atoms with Crippen LogP contribution in [0, 0.1) is 0 Å². The first kappa shape index (κ1) is 9.62. The first-order valence-electron chi connectivity index (χ1n) is 4.16. The second kappa shape index (κ2) is 3.67. The van der Waals surface area contributed by atoms with Crippen LogP contribution in [0.4, 0.5) is 5.69 Å². The minimum Gasteiger partial charge on any atom is -0.495 e. The summed E-state index contributed by atoms with van der Waals surface area (Å²) >= 11 is 7.46. The molecule has 0 saturated carbocycles. The van der Waals surface area contributed by atoms with Crippen LogP contribution < -0.4 is 10.5 Å². The van der Waals surface area contributed by atoms with E-state index in [1.807, 2.05) is 12.1 Å². The van der Waals surface area contributed by atoms with Gasteiger partial charge in [0, 0.05) is 16.6 Å². The maximum atomic E-state index is 5.82. The number of nitrogen functional groups attached to an aromatic ring is 1. The van der Waals surface area contributed by atoms with Crippen molar-refractivity contribution in [2.75, 3.05) is 12.8 Å². The summed E-state index contributed by atoms with van der Waals surface area (Å²) in [7, 11) is 1.62. The molecule has 74 valence electrons. The summed E-state index contributed by atoms with van der Waals surface area (Å²) in [6.45, 7) is 0. The van der Waals surface area contributed by atoms with Crippen LogP contribution in [-0.4, -0.2) is 7.11 Å². The average molecular weight is 228 g/mol. The van der Waals surface area contributed by atoms with Crippen LogP contribution in [0.25, 0.3) is 10.1 Å². The van der Waals surface area contributed by atoms with Crippen LogP contribution in [0.2, 0.25) is 0 Å². The number of fused-ring (bicyclic) bond motifs is 1. The molecule has 2 aromatic rings. The highest BCUT2D eigenvalue weighted by Crippen LogP contribution is 2.34. The van der Waals surface area contributed by atoms with Gasteiger partial charge < -0.3 is 10.5 Å². The molecule has 0 aliphatic heterocycles. The molecule has 4 heteroatoms. The monoisotopic (exact) mass is 227 g/mol. The number of benzene rings is 1. The van der Waals surface area contributed by atoms with Crippen molar-refractivity contribution in [3.05, 3.63) is 23.1 Å². The molecule has 0 fully saturated rings. The highest BCUT2D eigenvalue weighted by atomic mass is 35.5. The Kier molecular flexibility index (Phi) is 2.52. The molecule has 2 rings (SSSR count). The molecule has 0 amide bonds. The maximum Gasteiger partial charge on any atom is 0.143 e. The Bertz CT molecular complexity index is 466. The Morgan fingerprint density at radius 1 is 1.50 bits per heavy atom. The number of rotatable bonds is 2. The van der Waals surface area contributed by atoms with E-state index < -0.39 is 0 Å². The van der Waals surface area contributed by atoms with Crippen molar-refractivity contribution in [3.8, 4) is 5.75 Å². The van der Waals surface area contributed by atoms with Crippen molar-refractivity contribution in [2.24, 2.45) is 0 Å². The van der Waals surface area contributed by atoms with Gasteiger partial charge in [0.05, 0.1) is 12.8 Å². The SMILES string of the molecule is COc1cc2scc(CCl)c2cc1N. The van der Waals surface area contributed by atoms with E-state index in [0.29, 0.717) is 11.6 Å². The third-order valence-corrected chi connectivity index (χ3v) is 3.43. The summed E-state index contributed by atoms with van der Waals surface area (Å²) < 4.78 is 6.30. The summed E-state index contributed by atoms with van der Waals surface area (Å²) in [6.07, 6.45) is 0. The first-order chi connectivity index (χ1) is 6.76. The van der Waals surface area contributed by atoms with Crippen LogP contribution in [0.5, 0.6) is 5.75 Å². The van der Waals surface area contributed by atoms with Gasteiger partial charge in [-0.15, -0.1) is 22.9 Å². The van der Waals surface area contributed by atoms with Crippen LogP contribution in [0.3, 0.4) is 0 Å². The molecule has 0 radical (unpaired) electrons. The molecule has 2 nitrogen and oxygen atoms in total. The van der Waals surface area contributed by atoms with E-state index in [4.69, 9.17) is 22.1 Å². The molecule has 14 heavy (non-hydrogen) atoms. The highest BCUT2D eigenvalue weighted by Gasteiger charge is 2.07. The molecular weight excluding hydrogens is 218 g/mol. The third-order valence-electron chi connectivity index (χ3n) is 2.15. The number of methoxy groups -OCH3 is 1. The predicted molar refractivity (Wildman–Crippen MR) is 62.3 cm³/mol. The lowest BCUT2D eigenvalue weighted by molar-refractivity contribution is 0.417. The molecule has 1 aromatic carbocycles. The standard InChI is InChI=1S/C10H10ClNOS/c1-13-9-3-10-7(2-8(9)12)6(4-11)5-14-10/h2-3,5H,4,12H2,1H3. The molecule has 0 atom stereocenters. The second-order valence-corrected chi connectivity index (χ2v) is 4.16. The molecule has 0 aliphatic carbocycles. The number of ether oxygens (including phenoxy) is 1. The predicted octanol–water partition coefficient (Wildman–Crippen LogP) is 3.23. The smallest absolute Gasteiger partial charge is 0.143 e. The maximum absolute atomic E-state index is 5.82. The van der Waals surface area contributed by atoms with Gasteiger partial charge in [0.25, 0.3) is 0 Å². The van der Waals surface area contributed by atoms with Gasteiger partial charge in [0.15, 0.2) is 0 Å². The van der Waals surface area contributed by atoms with Gasteiger partial charge in [-0.05, 0) is 22.4 Å². The van der Waals surface area contributed by atoms with Crippen LogP contribution >= 0.6 is 22.9 Å². The summed E-state index contributed by atoms with van der Waals surface area (Å²) in [5.74, 6) is 1.24. The van der Waals surface area contributed by atoms with Crippen molar-refractivity contribution >= 4 is 38.7 Å². The number of anilines is 1. The number of hydrogen-bond donors (Lipinski definition) is 1. The molecular formula is C10H10ClNOS. The fraction of sp³-hybridized carbons (Fsp3) is 0.200. The van der Waals surface area contributed by atoms with Crippen molar-refractivity contribution in [3.63, 3.8) is 0 Å². The third kappa shape index (κ3) is 1.42. The Labute approximate surface area is 91.2 Å². The Morgan fingerprint density at radius 2 is 2.29 bits per heavy atom. The van der Waals surface area contributed by atoms with E-state index in [-0.39, 0.29) is 0 Å². The largest absolute Gasteiger partial charge is 0.495 e. The summed E-state index contributed by atoms with van der Waals surface area (Å²) in [5, 5.41) is 3.18. The zero-order valence-electron chi connectivity index (χ0n) is 7.71. The molecule has 1 heterocycles. The number of thiophene rings is 1. The van der Waals surface area contributed by atoms with Gasteiger partial charge in [-0.2, -0.15) is 0 Å². The van der Waals surface area contributed by atoms with Crippen molar-refractivity contribution in [1.82, 2.24) is 0 Å². The minimum absolute atomic E-state index is 0.520. The number of hydrogen-bond acceptors (Lipinski definition) is 3. The minimum atomic E-state index is 0.520. The van der Waals surface area contributed by atoms with E-state index >= 15 is 0 Å². The van der Waals surface area contributed by atoms with Crippen LogP contribution in [-0.2, 0) is 5.88 Å². The van der Waals surface area contributed by atoms with Crippen LogP contribution in [0.1, 0.15) is 5.56 Å². The van der Waals surface area contributed by atoms with Gasteiger partial charge >= 0.3 is 0 Å². The number of nitrogens with two attached hydrogens (primary N) is 1. The van der Waals surface area contributed by atoms with E-state index in [0.717, 1.165) is 21.4 Å². The van der Waals surface area contributed by atoms with Crippen molar-refractivity contribution in [1.29, 1.82) is 0 Å². The van der Waals surface area contributed by atoms with Gasteiger partial charge in [-0.25, -0.2) is 0 Å². The number of alkyl halides is 1. The quantitative estimate of drug-likeness (QED) is 0.632. The second-order valence-electron chi connectivity index (χ2n) is 2.98. The van der Waals surface area contributed by atoms with Crippen molar-refractivity contribution < 1.29 is 4.74 Å². The molecule has 2 N–H and O–H groups in total. The molecule has 0 aliphatic rings. The lowest BCUT2D eigenvalue weighted by Gasteiger charge is -2.04. The fourth-order valence-corrected chi connectivity index (χ4v) is 2.69. The molecule has 0 bridgehead atoms. The topological polar surface area (TPSA) is 35.2 Å². The summed E-state index contributed by atoms with van der Waals surface area (Å²) in [4.78, 5) is 0. The summed E-state index contributed by atoms with van der Waals surface area (Å²) in [6, 6.07) is 3.87. The lowest BCUT2D eigenvalue weighted by Crippen LogP contribution is -1.91. The fourth-order valence-electron chi connectivity index (χ4n) is 1.40. The van der Waals surface area contributed by atoms with Gasteiger partial charge in [0.1, 0.15) is 5.75 Å². The molecule has 0 saturated heterocycles. The lowest BCUT2D eigenvalue weighted by atomic mass is 10.1. The van der Waals surface area contributed by atoms with Crippen LogP contribution in [0.15, 0.2) is 17.5 Å². The zero-order valence-corrected chi connectivity index (χ0v) is 9.28.